The molecule has 0 atom stereocenters. The first-order valence-electron chi connectivity index (χ1n) is 5.29. The number of benzene rings is 1. The molecule has 1 aromatic heterocycles. The van der Waals surface area contributed by atoms with Gasteiger partial charge in [0.05, 0.1) is 23.6 Å². The minimum absolute atomic E-state index is 0.222. The van der Waals surface area contributed by atoms with Crippen LogP contribution in [0, 0.1) is 0 Å². The first kappa shape index (κ1) is 12.6. The Balaban J connectivity index is 2.25. The molecule has 1 heterocycles. The third kappa shape index (κ3) is 2.88. The summed E-state index contributed by atoms with van der Waals surface area (Å²) in [5.74, 6) is 0. The van der Waals surface area contributed by atoms with Crippen LogP contribution in [-0.4, -0.2) is 23.5 Å². The van der Waals surface area contributed by atoms with Gasteiger partial charge >= 0.3 is 0 Å². The minimum Gasteiger partial charge on any atom is -0.378 e. The molecule has 5 nitrogen and oxygen atoms in total. The van der Waals surface area contributed by atoms with E-state index in [1.807, 2.05) is 0 Å². The zero-order chi connectivity index (χ0) is 13.0. The molecule has 1 aromatic carbocycles. The lowest BCUT2D eigenvalue weighted by molar-refractivity contribution is 0.181. The van der Waals surface area contributed by atoms with E-state index in [2.05, 4.69) is 15.2 Å². The summed E-state index contributed by atoms with van der Waals surface area (Å²) in [5, 5.41) is 5.89. The van der Waals surface area contributed by atoms with Crippen LogP contribution >= 0.6 is 11.6 Å². The largest absolute Gasteiger partial charge is 0.378 e. The zero-order valence-corrected chi connectivity index (χ0v) is 10.5. The van der Waals surface area contributed by atoms with E-state index < -0.39 is 0 Å². The van der Waals surface area contributed by atoms with E-state index in [-0.39, 0.29) is 5.56 Å². The van der Waals surface area contributed by atoms with Crippen LogP contribution in [0.4, 0.5) is 5.69 Å². The summed E-state index contributed by atoms with van der Waals surface area (Å²) in [4.78, 5) is 15.7. The summed E-state index contributed by atoms with van der Waals surface area (Å²) in [6, 6.07) is 7.03. The van der Waals surface area contributed by atoms with E-state index in [0.717, 1.165) is 5.69 Å². The summed E-state index contributed by atoms with van der Waals surface area (Å²) < 4.78 is 4.98. The van der Waals surface area contributed by atoms with Gasteiger partial charge in [-0.05, 0) is 24.3 Å². The van der Waals surface area contributed by atoms with Crippen LogP contribution in [0.5, 0.6) is 0 Å². The lowest BCUT2D eigenvalue weighted by atomic mass is 10.2. The molecule has 0 aliphatic rings. The maximum Gasteiger partial charge on any atom is 0.273 e. The monoisotopic (exact) mass is 265 g/mol. The Bertz CT molecular complexity index is 599. The number of aromatic nitrogens is 2. The van der Waals surface area contributed by atoms with E-state index in [9.17, 15) is 4.79 Å². The van der Waals surface area contributed by atoms with E-state index in [0.29, 0.717) is 22.9 Å². The van der Waals surface area contributed by atoms with Crippen molar-refractivity contribution in [3.05, 3.63) is 50.9 Å². The molecule has 0 aliphatic heterocycles. The molecule has 0 aliphatic carbocycles. The SMILES string of the molecule is COCc1[nH][nH]c(=O)c1C=Nc1ccc(Cl)cc1. The van der Waals surface area contributed by atoms with Crippen molar-refractivity contribution in [3.8, 4) is 0 Å². The fourth-order valence-electron chi connectivity index (χ4n) is 1.46. The molecule has 6 heteroatoms. The quantitative estimate of drug-likeness (QED) is 0.833. The molecule has 2 N–H and O–H groups in total. The lowest BCUT2D eigenvalue weighted by Gasteiger charge is -1.96. The second-order valence-electron chi connectivity index (χ2n) is 3.64. The van der Waals surface area contributed by atoms with Crippen LogP contribution in [0.25, 0.3) is 0 Å². The van der Waals surface area contributed by atoms with Gasteiger partial charge in [-0.15, -0.1) is 0 Å². The van der Waals surface area contributed by atoms with E-state index in [1.54, 1.807) is 31.4 Å². The summed E-state index contributed by atoms with van der Waals surface area (Å²) >= 11 is 5.77. The van der Waals surface area contributed by atoms with Crippen LogP contribution in [0.15, 0.2) is 34.1 Å². The van der Waals surface area contributed by atoms with Crippen LogP contribution in [0.3, 0.4) is 0 Å². The predicted octanol–water partition coefficient (Wildman–Crippen LogP) is 2.25. The Morgan fingerprint density at radius 3 is 2.72 bits per heavy atom. The smallest absolute Gasteiger partial charge is 0.273 e. The first-order chi connectivity index (χ1) is 8.70. The average molecular weight is 266 g/mol. The highest BCUT2D eigenvalue weighted by Gasteiger charge is 2.06. The van der Waals surface area contributed by atoms with Crippen molar-refractivity contribution in [2.24, 2.45) is 4.99 Å². The van der Waals surface area contributed by atoms with Crippen molar-refractivity contribution in [1.29, 1.82) is 0 Å². The third-order valence-electron chi connectivity index (χ3n) is 2.35. The van der Waals surface area contributed by atoms with Crippen molar-refractivity contribution in [2.45, 2.75) is 6.61 Å². The zero-order valence-electron chi connectivity index (χ0n) is 9.74. The highest BCUT2D eigenvalue weighted by molar-refractivity contribution is 6.30. The van der Waals surface area contributed by atoms with Gasteiger partial charge in [-0.2, -0.15) is 0 Å². The number of halogens is 1. The molecule has 0 amide bonds. The van der Waals surface area contributed by atoms with Crippen molar-refractivity contribution in [2.75, 3.05) is 7.11 Å². The molecule has 0 unspecified atom stereocenters. The van der Waals surface area contributed by atoms with Gasteiger partial charge in [0.2, 0.25) is 0 Å². The van der Waals surface area contributed by atoms with Gasteiger partial charge in [0.25, 0.3) is 5.56 Å². The Morgan fingerprint density at radius 2 is 2.06 bits per heavy atom. The van der Waals surface area contributed by atoms with Crippen LogP contribution < -0.4 is 5.56 Å². The standard InChI is InChI=1S/C12H12ClN3O2/c1-18-7-11-10(12(17)16-15-11)6-14-9-4-2-8(13)3-5-9/h2-6H,7H2,1H3,(H2,15,16,17). The number of H-pyrrole nitrogens is 2. The first-order valence-corrected chi connectivity index (χ1v) is 5.66. The Morgan fingerprint density at radius 1 is 1.33 bits per heavy atom. The van der Waals surface area contributed by atoms with Crippen molar-refractivity contribution in [3.63, 3.8) is 0 Å². The molecule has 0 bridgehead atoms. The molecule has 18 heavy (non-hydrogen) atoms. The number of ether oxygens (including phenoxy) is 1. The van der Waals surface area contributed by atoms with Gasteiger partial charge < -0.3 is 4.74 Å². The second-order valence-corrected chi connectivity index (χ2v) is 4.08. The number of hydrogen-bond donors (Lipinski definition) is 2. The number of aliphatic imine (C=N–C) groups is 1. The van der Waals surface area contributed by atoms with Crippen molar-refractivity contribution in [1.82, 2.24) is 10.2 Å². The lowest BCUT2D eigenvalue weighted by Crippen LogP contribution is -2.06. The topological polar surface area (TPSA) is 70.2 Å². The highest BCUT2D eigenvalue weighted by Crippen LogP contribution is 2.16. The molecule has 0 saturated carbocycles. The van der Waals surface area contributed by atoms with Crippen LogP contribution in [-0.2, 0) is 11.3 Å². The number of nitrogens with one attached hydrogen (secondary N) is 2. The van der Waals surface area contributed by atoms with E-state index in [1.165, 1.54) is 6.21 Å². The van der Waals surface area contributed by atoms with Crippen LogP contribution in [0.1, 0.15) is 11.3 Å². The molecule has 2 aromatic rings. The minimum atomic E-state index is -0.222. The third-order valence-corrected chi connectivity index (χ3v) is 2.61. The fraction of sp³-hybridized carbons (Fsp3) is 0.167. The Hall–Kier alpha value is -1.85. The molecule has 0 saturated heterocycles. The molecule has 0 fully saturated rings. The summed E-state index contributed by atoms with van der Waals surface area (Å²) in [7, 11) is 1.56. The van der Waals surface area contributed by atoms with Crippen LogP contribution in [0.2, 0.25) is 5.02 Å². The number of nitrogens with zero attached hydrogens (tertiary/aromatic N) is 1. The van der Waals surface area contributed by atoms with Crippen molar-refractivity contribution >= 4 is 23.5 Å². The molecule has 0 spiro atoms. The molecular weight excluding hydrogens is 254 g/mol. The summed E-state index contributed by atoms with van der Waals surface area (Å²) in [5.41, 5.74) is 1.63. The Kier molecular flexibility index (Phi) is 3.96. The summed E-state index contributed by atoms with van der Waals surface area (Å²) in [6.45, 7) is 0.320. The fourth-order valence-corrected chi connectivity index (χ4v) is 1.59. The van der Waals surface area contributed by atoms with Gasteiger partial charge in [-0.3, -0.25) is 20.0 Å². The normalized spacial score (nSPS) is 11.2. The number of hydrogen-bond acceptors (Lipinski definition) is 3. The van der Waals surface area contributed by atoms with Gasteiger partial charge in [0, 0.05) is 18.3 Å². The molecule has 94 valence electrons. The van der Waals surface area contributed by atoms with Gasteiger partial charge in [0.1, 0.15) is 0 Å². The summed E-state index contributed by atoms with van der Waals surface area (Å²) in [6.07, 6.45) is 1.51. The second kappa shape index (κ2) is 5.66. The van der Waals surface area contributed by atoms with Gasteiger partial charge in [-0.1, -0.05) is 11.6 Å². The van der Waals surface area contributed by atoms with Gasteiger partial charge in [0.15, 0.2) is 0 Å². The maximum atomic E-state index is 11.5. The van der Waals surface area contributed by atoms with Crippen molar-refractivity contribution < 1.29 is 4.74 Å². The Labute approximate surface area is 108 Å². The molecular formula is C12H12ClN3O2. The maximum absolute atomic E-state index is 11.5. The predicted molar refractivity (Wildman–Crippen MR) is 70.8 cm³/mol. The number of rotatable bonds is 4. The molecule has 2 rings (SSSR count). The number of methoxy groups -OCH3 is 1. The average Bonchev–Trinajstić information content (AvgIpc) is 2.71. The van der Waals surface area contributed by atoms with E-state index in [4.69, 9.17) is 16.3 Å². The highest BCUT2D eigenvalue weighted by atomic mass is 35.5. The van der Waals surface area contributed by atoms with Gasteiger partial charge in [-0.25, -0.2) is 0 Å². The number of aromatic amines is 2. The van der Waals surface area contributed by atoms with E-state index >= 15 is 0 Å². The molecule has 0 radical (unpaired) electrons.